The summed E-state index contributed by atoms with van der Waals surface area (Å²) in [4.78, 5) is 11.7. The lowest BCUT2D eigenvalue weighted by Gasteiger charge is -2.16. The second-order valence-electron chi connectivity index (χ2n) is 5.08. The maximum atomic E-state index is 11.7. The van der Waals surface area contributed by atoms with Crippen LogP contribution in [0.25, 0.3) is 0 Å². The molecule has 1 rings (SSSR count). The molecule has 2 nitrogen and oxygen atoms in total. The van der Waals surface area contributed by atoms with E-state index in [4.69, 9.17) is 0 Å². The van der Waals surface area contributed by atoms with Crippen LogP contribution in [0.2, 0.25) is 0 Å². The number of carbonyl (C=O) groups is 1. The molecule has 0 heterocycles. The largest absolute Gasteiger partial charge is 0.350 e. The molecule has 1 amide bonds. The van der Waals surface area contributed by atoms with Crippen molar-refractivity contribution in [3.05, 3.63) is 35.4 Å². The van der Waals surface area contributed by atoms with Crippen molar-refractivity contribution in [1.29, 1.82) is 0 Å². The van der Waals surface area contributed by atoms with Crippen molar-refractivity contribution in [2.45, 2.75) is 46.6 Å². The summed E-state index contributed by atoms with van der Waals surface area (Å²) in [6.45, 7) is 8.39. The first-order valence-corrected chi connectivity index (χ1v) is 6.35. The van der Waals surface area contributed by atoms with Crippen LogP contribution in [0.4, 0.5) is 0 Å². The van der Waals surface area contributed by atoms with Crippen LogP contribution in [0.3, 0.4) is 0 Å². The standard InChI is InChI=1S/C15H23NO/c1-11(2)9-10-15(17)16-13(4)14-8-6-5-7-12(14)3/h5-8,11,13H,9-10H2,1-4H3,(H,16,17). The van der Waals surface area contributed by atoms with Gasteiger partial charge in [0.2, 0.25) is 5.91 Å². The normalized spacial score (nSPS) is 12.5. The molecule has 0 aliphatic heterocycles. The van der Waals surface area contributed by atoms with Gasteiger partial charge in [-0.2, -0.15) is 0 Å². The summed E-state index contributed by atoms with van der Waals surface area (Å²) < 4.78 is 0. The van der Waals surface area contributed by atoms with Crippen molar-refractivity contribution in [1.82, 2.24) is 5.32 Å². The van der Waals surface area contributed by atoms with E-state index in [0.29, 0.717) is 12.3 Å². The highest BCUT2D eigenvalue weighted by atomic mass is 16.1. The number of nitrogens with one attached hydrogen (secondary N) is 1. The third-order valence-corrected chi connectivity index (χ3v) is 2.98. The minimum atomic E-state index is 0.0934. The van der Waals surface area contributed by atoms with Gasteiger partial charge >= 0.3 is 0 Å². The SMILES string of the molecule is Cc1ccccc1C(C)NC(=O)CCC(C)C. The second-order valence-corrected chi connectivity index (χ2v) is 5.08. The molecule has 17 heavy (non-hydrogen) atoms. The average Bonchev–Trinajstić information content (AvgIpc) is 2.26. The third kappa shape index (κ3) is 4.59. The van der Waals surface area contributed by atoms with Crippen molar-refractivity contribution in [2.75, 3.05) is 0 Å². The molecule has 1 aromatic rings. The molecular weight excluding hydrogens is 210 g/mol. The van der Waals surface area contributed by atoms with Crippen LogP contribution in [0.1, 0.15) is 50.8 Å². The van der Waals surface area contributed by atoms with Gasteiger partial charge in [0.05, 0.1) is 6.04 Å². The van der Waals surface area contributed by atoms with Crippen molar-refractivity contribution in [2.24, 2.45) is 5.92 Å². The van der Waals surface area contributed by atoms with Gasteiger partial charge < -0.3 is 5.32 Å². The van der Waals surface area contributed by atoms with E-state index in [1.165, 1.54) is 11.1 Å². The van der Waals surface area contributed by atoms with Gasteiger partial charge in [0.15, 0.2) is 0 Å². The molecule has 0 saturated heterocycles. The van der Waals surface area contributed by atoms with E-state index in [1.807, 2.05) is 19.1 Å². The fourth-order valence-corrected chi connectivity index (χ4v) is 1.88. The number of benzene rings is 1. The first kappa shape index (κ1) is 13.8. The van der Waals surface area contributed by atoms with Crippen LogP contribution in [-0.4, -0.2) is 5.91 Å². The Morgan fingerprint density at radius 2 is 1.88 bits per heavy atom. The van der Waals surface area contributed by atoms with Crippen LogP contribution in [0.5, 0.6) is 0 Å². The lowest BCUT2D eigenvalue weighted by Crippen LogP contribution is -2.27. The molecule has 0 aromatic heterocycles. The van der Waals surface area contributed by atoms with Crippen molar-refractivity contribution >= 4 is 5.91 Å². The molecular formula is C15H23NO. The molecule has 2 heteroatoms. The van der Waals surface area contributed by atoms with Crippen LogP contribution < -0.4 is 5.32 Å². The van der Waals surface area contributed by atoms with Gasteiger partial charge in [0.25, 0.3) is 0 Å². The Morgan fingerprint density at radius 3 is 2.47 bits per heavy atom. The maximum absolute atomic E-state index is 11.7. The Hall–Kier alpha value is -1.31. The molecule has 0 bridgehead atoms. The maximum Gasteiger partial charge on any atom is 0.220 e. The fourth-order valence-electron chi connectivity index (χ4n) is 1.88. The van der Waals surface area contributed by atoms with Gasteiger partial charge in [-0.25, -0.2) is 0 Å². The predicted molar refractivity (Wildman–Crippen MR) is 71.8 cm³/mol. The van der Waals surface area contributed by atoms with Crippen molar-refractivity contribution in [3.63, 3.8) is 0 Å². The van der Waals surface area contributed by atoms with E-state index in [2.05, 4.69) is 38.2 Å². The number of carbonyl (C=O) groups excluding carboxylic acids is 1. The number of aryl methyl sites for hydroxylation is 1. The fraction of sp³-hybridized carbons (Fsp3) is 0.533. The summed E-state index contributed by atoms with van der Waals surface area (Å²) in [6, 6.07) is 8.27. The molecule has 0 aliphatic rings. The Labute approximate surface area is 104 Å². The highest BCUT2D eigenvalue weighted by molar-refractivity contribution is 5.76. The molecule has 0 spiro atoms. The second kappa shape index (κ2) is 6.43. The summed E-state index contributed by atoms with van der Waals surface area (Å²) in [5.41, 5.74) is 2.43. The van der Waals surface area contributed by atoms with Gasteiger partial charge in [-0.1, -0.05) is 38.1 Å². The van der Waals surface area contributed by atoms with Crippen LogP contribution in [0, 0.1) is 12.8 Å². The van der Waals surface area contributed by atoms with E-state index >= 15 is 0 Å². The van der Waals surface area contributed by atoms with Gasteiger partial charge in [-0.05, 0) is 37.3 Å². The van der Waals surface area contributed by atoms with E-state index in [1.54, 1.807) is 0 Å². The monoisotopic (exact) mass is 233 g/mol. The Bertz CT molecular complexity index is 371. The smallest absolute Gasteiger partial charge is 0.220 e. The summed E-state index contributed by atoms with van der Waals surface area (Å²) in [6.07, 6.45) is 1.57. The van der Waals surface area contributed by atoms with Crippen LogP contribution in [0.15, 0.2) is 24.3 Å². The highest BCUT2D eigenvalue weighted by Crippen LogP contribution is 2.17. The number of hydrogen-bond acceptors (Lipinski definition) is 1. The van der Waals surface area contributed by atoms with Gasteiger partial charge in [-0.3, -0.25) is 4.79 Å². The zero-order valence-electron chi connectivity index (χ0n) is 11.3. The summed E-state index contributed by atoms with van der Waals surface area (Å²) >= 11 is 0. The predicted octanol–water partition coefficient (Wildman–Crippen LogP) is 3.61. The van der Waals surface area contributed by atoms with E-state index < -0.39 is 0 Å². The zero-order valence-corrected chi connectivity index (χ0v) is 11.3. The lowest BCUT2D eigenvalue weighted by molar-refractivity contribution is -0.122. The molecule has 0 saturated carbocycles. The Morgan fingerprint density at radius 1 is 1.24 bits per heavy atom. The zero-order chi connectivity index (χ0) is 12.8. The molecule has 1 unspecified atom stereocenters. The molecule has 0 aliphatic carbocycles. The summed E-state index contributed by atoms with van der Waals surface area (Å²) in [5.74, 6) is 0.726. The van der Waals surface area contributed by atoms with E-state index in [-0.39, 0.29) is 11.9 Å². The van der Waals surface area contributed by atoms with Crippen LogP contribution >= 0.6 is 0 Å². The Balaban J connectivity index is 2.52. The highest BCUT2D eigenvalue weighted by Gasteiger charge is 2.11. The van der Waals surface area contributed by atoms with Crippen LogP contribution in [-0.2, 0) is 4.79 Å². The molecule has 94 valence electrons. The van der Waals surface area contributed by atoms with Gasteiger partial charge in [-0.15, -0.1) is 0 Å². The average molecular weight is 233 g/mol. The van der Waals surface area contributed by atoms with E-state index in [0.717, 1.165) is 6.42 Å². The summed E-state index contributed by atoms with van der Waals surface area (Å²) in [5, 5.41) is 3.05. The molecule has 1 N–H and O–H groups in total. The summed E-state index contributed by atoms with van der Waals surface area (Å²) in [7, 11) is 0. The third-order valence-electron chi connectivity index (χ3n) is 2.98. The minimum absolute atomic E-state index is 0.0934. The molecule has 0 fully saturated rings. The molecule has 1 atom stereocenters. The minimum Gasteiger partial charge on any atom is -0.350 e. The van der Waals surface area contributed by atoms with Gasteiger partial charge in [0.1, 0.15) is 0 Å². The van der Waals surface area contributed by atoms with Crippen molar-refractivity contribution < 1.29 is 4.79 Å². The topological polar surface area (TPSA) is 29.1 Å². The van der Waals surface area contributed by atoms with Crippen molar-refractivity contribution in [3.8, 4) is 0 Å². The molecule has 0 radical (unpaired) electrons. The molecule has 1 aromatic carbocycles. The first-order valence-electron chi connectivity index (χ1n) is 6.35. The Kier molecular flexibility index (Phi) is 5.20. The quantitative estimate of drug-likeness (QED) is 0.827. The number of rotatable bonds is 5. The number of amides is 1. The lowest BCUT2D eigenvalue weighted by atomic mass is 10.0. The van der Waals surface area contributed by atoms with Gasteiger partial charge in [0, 0.05) is 6.42 Å². The number of hydrogen-bond donors (Lipinski definition) is 1. The van der Waals surface area contributed by atoms with E-state index in [9.17, 15) is 4.79 Å². The first-order chi connectivity index (χ1) is 8.00.